The van der Waals surface area contributed by atoms with Crippen LogP contribution < -0.4 is 5.73 Å². The van der Waals surface area contributed by atoms with E-state index in [2.05, 4.69) is 4.98 Å². The van der Waals surface area contributed by atoms with E-state index in [1.807, 2.05) is 30.3 Å². The molecule has 0 fully saturated rings. The summed E-state index contributed by atoms with van der Waals surface area (Å²) >= 11 is 0. The Hall–Kier alpha value is -2.26. The summed E-state index contributed by atoms with van der Waals surface area (Å²) in [5.74, 6) is -0.243. The Morgan fingerprint density at radius 3 is 2.79 bits per heavy atom. The van der Waals surface area contributed by atoms with Crippen LogP contribution in [0.1, 0.15) is 5.56 Å². The van der Waals surface area contributed by atoms with Crippen LogP contribution in [0.5, 0.6) is 0 Å². The lowest BCUT2D eigenvalue weighted by Crippen LogP contribution is -1.97. The van der Waals surface area contributed by atoms with E-state index >= 15 is 0 Å². The van der Waals surface area contributed by atoms with Crippen molar-refractivity contribution in [2.24, 2.45) is 5.73 Å². The SMILES string of the molecule is NCc1ccc(F)c(-c2ccc3cccnc3c2)c1. The number of halogens is 1. The van der Waals surface area contributed by atoms with Gasteiger partial charge < -0.3 is 5.73 Å². The first-order valence-electron chi connectivity index (χ1n) is 6.11. The van der Waals surface area contributed by atoms with Gasteiger partial charge in [-0.25, -0.2) is 4.39 Å². The van der Waals surface area contributed by atoms with E-state index in [4.69, 9.17) is 5.73 Å². The zero-order valence-corrected chi connectivity index (χ0v) is 10.3. The largest absolute Gasteiger partial charge is 0.326 e. The molecule has 0 aliphatic rings. The molecule has 94 valence electrons. The van der Waals surface area contributed by atoms with E-state index in [0.29, 0.717) is 12.1 Å². The fourth-order valence-electron chi connectivity index (χ4n) is 2.15. The van der Waals surface area contributed by atoms with Gasteiger partial charge in [-0.1, -0.05) is 24.3 Å². The predicted octanol–water partition coefficient (Wildman–Crippen LogP) is 3.50. The lowest BCUT2D eigenvalue weighted by atomic mass is 10.0. The Balaban J connectivity index is 2.18. The maximum Gasteiger partial charge on any atom is 0.131 e. The summed E-state index contributed by atoms with van der Waals surface area (Å²) in [6.07, 6.45) is 1.73. The fourth-order valence-corrected chi connectivity index (χ4v) is 2.15. The maximum atomic E-state index is 13.9. The van der Waals surface area contributed by atoms with Gasteiger partial charge in [-0.3, -0.25) is 4.98 Å². The van der Waals surface area contributed by atoms with Gasteiger partial charge in [0.15, 0.2) is 0 Å². The molecule has 0 aliphatic heterocycles. The number of fused-ring (bicyclic) bond motifs is 1. The molecule has 0 radical (unpaired) electrons. The van der Waals surface area contributed by atoms with Crippen molar-refractivity contribution in [3.8, 4) is 11.1 Å². The van der Waals surface area contributed by atoms with Crippen LogP contribution >= 0.6 is 0 Å². The van der Waals surface area contributed by atoms with Crippen LogP contribution in [0.25, 0.3) is 22.0 Å². The second kappa shape index (κ2) is 4.78. The molecule has 0 amide bonds. The quantitative estimate of drug-likeness (QED) is 0.758. The van der Waals surface area contributed by atoms with Crippen molar-refractivity contribution in [3.63, 3.8) is 0 Å². The van der Waals surface area contributed by atoms with Crippen LogP contribution in [0.2, 0.25) is 0 Å². The van der Waals surface area contributed by atoms with Crippen molar-refractivity contribution in [2.45, 2.75) is 6.54 Å². The highest BCUT2D eigenvalue weighted by Crippen LogP contribution is 2.26. The van der Waals surface area contributed by atoms with E-state index in [0.717, 1.165) is 22.0 Å². The first kappa shape index (κ1) is 11.8. The average Bonchev–Trinajstić information content (AvgIpc) is 2.47. The Kier molecular flexibility index (Phi) is 2.97. The van der Waals surface area contributed by atoms with Crippen molar-refractivity contribution in [1.82, 2.24) is 4.98 Å². The molecule has 0 saturated heterocycles. The molecule has 0 spiro atoms. The van der Waals surface area contributed by atoms with Gasteiger partial charge in [0.1, 0.15) is 5.82 Å². The van der Waals surface area contributed by atoms with Gasteiger partial charge in [0, 0.05) is 23.7 Å². The smallest absolute Gasteiger partial charge is 0.131 e. The minimum absolute atomic E-state index is 0.243. The van der Waals surface area contributed by atoms with E-state index in [9.17, 15) is 4.39 Å². The molecule has 0 saturated carbocycles. The van der Waals surface area contributed by atoms with Gasteiger partial charge >= 0.3 is 0 Å². The molecule has 3 rings (SSSR count). The van der Waals surface area contributed by atoms with E-state index in [1.54, 1.807) is 18.3 Å². The van der Waals surface area contributed by atoms with Crippen LogP contribution in [0.15, 0.2) is 54.7 Å². The highest BCUT2D eigenvalue weighted by atomic mass is 19.1. The summed E-state index contributed by atoms with van der Waals surface area (Å²) in [5.41, 5.74) is 8.76. The van der Waals surface area contributed by atoms with Crippen molar-refractivity contribution >= 4 is 10.9 Å². The number of hydrogen-bond donors (Lipinski definition) is 1. The standard InChI is InChI=1S/C16H13FN2/c17-15-6-3-11(10-18)8-14(15)13-5-4-12-2-1-7-19-16(12)9-13/h1-9H,10,18H2. The molecular formula is C16H13FN2. The molecular weight excluding hydrogens is 239 g/mol. The maximum absolute atomic E-state index is 13.9. The number of nitrogens with zero attached hydrogens (tertiary/aromatic N) is 1. The van der Waals surface area contributed by atoms with Crippen LogP contribution in [0.4, 0.5) is 4.39 Å². The van der Waals surface area contributed by atoms with Gasteiger partial charge in [-0.15, -0.1) is 0 Å². The van der Waals surface area contributed by atoms with Gasteiger partial charge in [-0.05, 0) is 35.4 Å². The van der Waals surface area contributed by atoms with E-state index in [-0.39, 0.29) is 5.82 Å². The topological polar surface area (TPSA) is 38.9 Å². The Morgan fingerprint density at radius 2 is 1.95 bits per heavy atom. The van der Waals surface area contributed by atoms with Crippen LogP contribution in [-0.4, -0.2) is 4.98 Å². The van der Waals surface area contributed by atoms with E-state index in [1.165, 1.54) is 6.07 Å². The zero-order valence-electron chi connectivity index (χ0n) is 10.3. The highest BCUT2D eigenvalue weighted by Gasteiger charge is 2.07. The van der Waals surface area contributed by atoms with Crippen molar-refractivity contribution in [2.75, 3.05) is 0 Å². The lowest BCUT2D eigenvalue weighted by molar-refractivity contribution is 0.630. The van der Waals surface area contributed by atoms with Gasteiger partial charge in [0.2, 0.25) is 0 Å². The number of pyridine rings is 1. The minimum Gasteiger partial charge on any atom is -0.326 e. The molecule has 3 heteroatoms. The molecule has 1 aromatic heterocycles. The summed E-state index contributed by atoms with van der Waals surface area (Å²) in [5, 5.41) is 1.04. The van der Waals surface area contributed by atoms with E-state index < -0.39 is 0 Å². The molecule has 0 aliphatic carbocycles. The molecule has 1 heterocycles. The number of rotatable bonds is 2. The Morgan fingerprint density at radius 1 is 1.05 bits per heavy atom. The third-order valence-electron chi connectivity index (χ3n) is 3.18. The second-order valence-electron chi connectivity index (χ2n) is 4.43. The predicted molar refractivity (Wildman–Crippen MR) is 75.0 cm³/mol. The van der Waals surface area contributed by atoms with Crippen LogP contribution in [-0.2, 0) is 6.54 Å². The van der Waals surface area contributed by atoms with Crippen molar-refractivity contribution < 1.29 is 4.39 Å². The van der Waals surface area contributed by atoms with Gasteiger partial charge in [-0.2, -0.15) is 0 Å². The van der Waals surface area contributed by atoms with Crippen LogP contribution in [0.3, 0.4) is 0 Å². The number of aromatic nitrogens is 1. The molecule has 19 heavy (non-hydrogen) atoms. The molecule has 3 aromatic rings. The summed E-state index contributed by atoms with van der Waals surface area (Å²) in [4.78, 5) is 4.29. The van der Waals surface area contributed by atoms with Gasteiger partial charge in [0.25, 0.3) is 0 Å². The number of benzene rings is 2. The zero-order chi connectivity index (χ0) is 13.2. The number of nitrogens with two attached hydrogens (primary N) is 1. The van der Waals surface area contributed by atoms with Gasteiger partial charge in [0.05, 0.1) is 5.52 Å². The van der Waals surface area contributed by atoms with Crippen molar-refractivity contribution in [1.29, 1.82) is 0 Å². The molecule has 2 nitrogen and oxygen atoms in total. The summed E-state index contributed by atoms with van der Waals surface area (Å²) in [6.45, 7) is 0.402. The molecule has 2 N–H and O–H groups in total. The Labute approximate surface area is 110 Å². The first-order chi connectivity index (χ1) is 9.28. The Bertz CT molecular complexity index is 738. The lowest BCUT2D eigenvalue weighted by Gasteiger charge is -2.07. The normalized spacial score (nSPS) is 10.8. The second-order valence-corrected chi connectivity index (χ2v) is 4.43. The third kappa shape index (κ3) is 2.20. The average molecular weight is 252 g/mol. The highest BCUT2D eigenvalue weighted by molar-refractivity contribution is 5.84. The van der Waals surface area contributed by atoms with Crippen LogP contribution in [0, 0.1) is 5.82 Å². The monoisotopic (exact) mass is 252 g/mol. The first-order valence-corrected chi connectivity index (χ1v) is 6.11. The molecule has 0 bridgehead atoms. The molecule has 0 unspecified atom stereocenters. The third-order valence-corrected chi connectivity index (χ3v) is 3.18. The summed E-state index contributed by atoms with van der Waals surface area (Å²) in [7, 11) is 0. The molecule has 2 aromatic carbocycles. The molecule has 0 atom stereocenters. The number of hydrogen-bond acceptors (Lipinski definition) is 2. The summed E-state index contributed by atoms with van der Waals surface area (Å²) in [6, 6.07) is 14.6. The summed E-state index contributed by atoms with van der Waals surface area (Å²) < 4.78 is 13.9. The minimum atomic E-state index is -0.243. The fraction of sp³-hybridized carbons (Fsp3) is 0.0625. The van der Waals surface area contributed by atoms with Crippen molar-refractivity contribution in [3.05, 3.63) is 66.1 Å².